The molecule has 0 bridgehead atoms. The van der Waals surface area contributed by atoms with Crippen LogP contribution in [0.25, 0.3) is 5.69 Å². The summed E-state index contributed by atoms with van der Waals surface area (Å²) in [5.74, 6) is -1.48. The Balaban J connectivity index is 2.08. The van der Waals surface area contributed by atoms with Crippen LogP contribution in [0.15, 0.2) is 56.4 Å². The molecule has 0 aliphatic heterocycles. The maximum Gasteiger partial charge on any atom is 0.298 e. The van der Waals surface area contributed by atoms with Crippen molar-refractivity contribution >= 4 is 43.2 Å². The van der Waals surface area contributed by atoms with Gasteiger partial charge in [-0.05, 0) is 37.3 Å². The topological polar surface area (TPSA) is 192 Å². The minimum absolute atomic E-state index is 0.0800. The second-order valence-corrected chi connectivity index (χ2v) is 9.34. The van der Waals surface area contributed by atoms with Gasteiger partial charge in [0.15, 0.2) is 11.4 Å². The van der Waals surface area contributed by atoms with Crippen LogP contribution in [0.3, 0.4) is 0 Å². The molecule has 3 aromatic rings. The zero-order valence-electron chi connectivity index (χ0n) is 15.4. The summed E-state index contributed by atoms with van der Waals surface area (Å²) in [5.41, 5.74) is -0.392. The number of rotatable bonds is 5. The van der Waals surface area contributed by atoms with Crippen LogP contribution in [-0.2, 0) is 20.2 Å². The second-order valence-electron chi connectivity index (χ2n) is 6.09. The zero-order valence-corrected chi connectivity index (χ0v) is 17.8. The first-order valence-electron chi connectivity index (χ1n) is 8.07. The molecule has 15 heteroatoms. The molecule has 4 N–H and O–H groups in total. The number of nitrogens with zero attached hydrogens (tertiary/aromatic N) is 4. The molecular formula is C16H13ClN4O8S2. The van der Waals surface area contributed by atoms with Crippen LogP contribution in [0, 0.1) is 6.92 Å². The van der Waals surface area contributed by atoms with Crippen molar-refractivity contribution in [2.45, 2.75) is 16.7 Å². The van der Waals surface area contributed by atoms with Gasteiger partial charge in [-0.3, -0.25) is 9.11 Å². The SMILES string of the molecule is Cc1nn(-c2cccc(S(=O)(=O)O)c2)c(O)c1/N=N/c1cc(Cl)cc(S(=O)(=O)O)c1O. The van der Waals surface area contributed by atoms with Gasteiger partial charge >= 0.3 is 0 Å². The molecule has 0 saturated carbocycles. The minimum Gasteiger partial charge on any atom is -0.504 e. The predicted molar refractivity (Wildman–Crippen MR) is 107 cm³/mol. The summed E-state index contributed by atoms with van der Waals surface area (Å²) < 4.78 is 64.6. The van der Waals surface area contributed by atoms with E-state index in [9.17, 15) is 31.6 Å². The third-order valence-corrected chi connectivity index (χ3v) is 5.86. The van der Waals surface area contributed by atoms with Crippen molar-refractivity contribution in [2.24, 2.45) is 10.2 Å². The Labute approximate surface area is 180 Å². The first-order chi connectivity index (χ1) is 14.3. The van der Waals surface area contributed by atoms with E-state index in [4.69, 9.17) is 16.2 Å². The smallest absolute Gasteiger partial charge is 0.298 e. The number of azo groups is 1. The fourth-order valence-electron chi connectivity index (χ4n) is 2.52. The van der Waals surface area contributed by atoms with Crippen LogP contribution in [-0.4, -0.2) is 45.9 Å². The highest BCUT2D eigenvalue weighted by atomic mass is 35.5. The molecule has 31 heavy (non-hydrogen) atoms. The number of benzene rings is 2. The molecule has 0 radical (unpaired) electrons. The van der Waals surface area contributed by atoms with Crippen LogP contribution in [0.1, 0.15) is 5.69 Å². The van der Waals surface area contributed by atoms with Crippen molar-refractivity contribution in [3.63, 3.8) is 0 Å². The molecule has 0 amide bonds. The largest absolute Gasteiger partial charge is 0.504 e. The molecule has 3 rings (SSSR count). The van der Waals surface area contributed by atoms with Crippen molar-refractivity contribution < 1.29 is 36.2 Å². The summed E-state index contributed by atoms with van der Waals surface area (Å²) in [6, 6.07) is 6.81. The maximum absolute atomic E-state index is 11.3. The van der Waals surface area contributed by atoms with Crippen molar-refractivity contribution in [1.29, 1.82) is 0 Å². The zero-order chi connectivity index (χ0) is 23.1. The summed E-state index contributed by atoms with van der Waals surface area (Å²) in [4.78, 5) is -1.31. The van der Waals surface area contributed by atoms with Gasteiger partial charge in [-0.1, -0.05) is 17.7 Å². The Bertz CT molecular complexity index is 1430. The molecule has 0 atom stereocenters. The van der Waals surface area contributed by atoms with Gasteiger partial charge in [0.25, 0.3) is 20.2 Å². The molecule has 1 aromatic heterocycles. The Morgan fingerprint density at radius 1 is 1.00 bits per heavy atom. The highest BCUT2D eigenvalue weighted by Crippen LogP contribution is 2.39. The molecule has 164 valence electrons. The molecule has 0 spiro atoms. The predicted octanol–water partition coefficient (Wildman–Crippen LogP) is 3.15. The number of hydrogen-bond donors (Lipinski definition) is 4. The third kappa shape index (κ3) is 4.67. The average molecular weight is 489 g/mol. The first-order valence-corrected chi connectivity index (χ1v) is 11.3. The Kier molecular flexibility index (Phi) is 5.77. The van der Waals surface area contributed by atoms with Gasteiger partial charge in [0, 0.05) is 5.02 Å². The summed E-state index contributed by atoms with van der Waals surface area (Å²) in [6.45, 7) is 1.44. The number of aryl methyl sites for hydroxylation is 1. The van der Waals surface area contributed by atoms with E-state index < -0.39 is 47.3 Å². The lowest BCUT2D eigenvalue weighted by Crippen LogP contribution is -2.01. The van der Waals surface area contributed by atoms with Gasteiger partial charge in [-0.25, -0.2) is 0 Å². The molecule has 0 aliphatic rings. The number of halogens is 1. The Hall–Kier alpha value is -3.04. The maximum atomic E-state index is 11.3. The Morgan fingerprint density at radius 3 is 2.29 bits per heavy atom. The quantitative estimate of drug-likeness (QED) is 0.308. The Morgan fingerprint density at radius 2 is 1.68 bits per heavy atom. The minimum atomic E-state index is -4.80. The van der Waals surface area contributed by atoms with E-state index >= 15 is 0 Å². The van der Waals surface area contributed by atoms with Crippen LogP contribution in [0.5, 0.6) is 11.6 Å². The molecule has 12 nitrogen and oxygen atoms in total. The normalized spacial score (nSPS) is 12.5. The lowest BCUT2D eigenvalue weighted by Gasteiger charge is -2.05. The van der Waals surface area contributed by atoms with Gasteiger partial charge in [-0.2, -0.15) is 26.6 Å². The van der Waals surface area contributed by atoms with E-state index in [0.717, 1.165) is 28.9 Å². The van der Waals surface area contributed by atoms with Crippen molar-refractivity contribution in [1.82, 2.24) is 9.78 Å². The molecule has 1 heterocycles. The van der Waals surface area contributed by atoms with Crippen molar-refractivity contribution in [3.8, 4) is 17.3 Å². The average Bonchev–Trinajstić information content (AvgIpc) is 2.94. The monoisotopic (exact) mass is 488 g/mol. The summed E-state index contributed by atoms with van der Waals surface area (Å²) in [7, 11) is -9.29. The molecule has 0 saturated heterocycles. The van der Waals surface area contributed by atoms with Gasteiger partial charge in [-0.15, -0.1) is 10.2 Å². The third-order valence-electron chi connectivity index (χ3n) is 3.92. The molecule has 0 aliphatic carbocycles. The van der Waals surface area contributed by atoms with E-state index in [0.29, 0.717) is 0 Å². The van der Waals surface area contributed by atoms with E-state index in [1.807, 2.05) is 0 Å². The molecular weight excluding hydrogens is 476 g/mol. The number of phenolic OH excluding ortho intramolecular Hbond substituents is 1. The highest BCUT2D eigenvalue weighted by molar-refractivity contribution is 7.86. The molecule has 0 unspecified atom stereocenters. The number of aromatic hydroxyl groups is 2. The summed E-state index contributed by atoms with van der Waals surface area (Å²) >= 11 is 5.78. The highest BCUT2D eigenvalue weighted by Gasteiger charge is 2.21. The van der Waals surface area contributed by atoms with E-state index in [-0.39, 0.29) is 22.1 Å². The number of phenols is 1. The molecule has 0 fully saturated rings. The fourth-order valence-corrected chi connectivity index (χ4v) is 3.94. The fraction of sp³-hybridized carbons (Fsp3) is 0.0625. The summed E-state index contributed by atoms with van der Waals surface area (Å²) in [6.07, 6.45) is 0. The van der Waals surface area contributed by atoms with Crippen LogP contribution < -0.4 is 0 Å². The van der Waals surface area contributed by atoms with Crippen LogP contribution >= 0.6 is 11.6 Å². The summed E-state index contributed by atoms with van der Waals surface area (Å²) in [5, 5.41) is 31.8. The van der Waals surface area contributed by atoms with Gasteiger partial charge in [0.2, 0.25) is 5.88 Å². The lowest BCUT2D eigenvalue weighted by atomic mass is 10.3. The number of hydrogen-bond acceptors (Lipinski definition) is 9. The number of aromatic nitrogens is 2. The molecule has 2 aromatic carbocycles. The second kappa shape index (κ2) is 7.90. The van der Waals surface area contributed by atoms with Gasteiger partial charge in [0.05, 0.1) is 16.3 Å². The van der Waals surface area contributed by atoms with E-state index in [2.05, 4.69) is 15.3 Å². The van der Waals surface area contributed by atoms with Crippen molar-refractivity contribution in [3.05, 3.63) is 47.1 Å². The first kappa shape index (κ1) is 22.6. The van der Waals surface area contributed by atoms with Crippen LogP contribution in [0.2, 0.25) is 5.02 Å². The van der Waals surface area contributed by atoms with Crippen molar-refractivity contribution in [2.75, 3.05) is 0 Å². The lowest BCUT2D eigenvalue weighted by molar-refractivity contribution is 0.433. The van der Waals surface area contributed by atoms with Gasteiger partial charge < -0.3 is 10.2 Å². The van der Waals surface area contributed by atoms with Gasteiger partial charge in [0.1, 0.15) is 10.6 Å². The van der Waals surface area contributed by atoms with E-state index in [1.54, 1.807) is 0 Å². The standard InChI is InChI=1S/C16H13ClN4O8S2/c1-8-14(19-18-12-5-9(17)6-13(15(12)22)31(27,28)29)16(23)21(20-8)10-3-2-4-11(7-10)30(24,25)26/h2-7,22-23H,1H3,(H,24,25,26)(H,27,28,29)/b19-18+. The van der Waals surface area contributed by atoms with E-state index in [1.165, 1.54) is 19.1 Å². The van der Waals surface area contributed by atoms with Crippen LogP contribution in [0.4, 0.5) is 11.4 Å².